The highest BCUT2D eigenvalue weighted by molar-refractivity contribution is 6.38. The number of fused-ring (bicyclic) bond motifs is 1. The van der Waals surface area contributed by atoms with Crippen molar-refractivity contribution in [2.24, 2.45) is 0 Å². The quantitative estimate of drug-likeness (QED) is 0.670. The van der Waals surface area contributed by atoms with Crippen LogP contribution in [0.15, 0.2) is 22.8 Å². The van der Waals surface area contributed by atoms with Gasteiger partial charge in [0, 0.05) is 0 Å². The summed E-state index contributed by atoms with van der Waals surface area (Å²) in [6, 6.07) is 2.69. The highest BCUT2D eigenvalue weighted by Crippen LogP contribution is 2.20. The Kier molecular flexibility index (Phi) is 1.80. The average Bonchev–Trinajstić information content (AvgIpc) is 2.59. The second-order valence-electron chi connectivity index (χ2n) is 3.02. The highest BCUT2D eigenvalue weighted by Gasteiger charge is 2.16. The lowest BCUT2D eigenvalue weighted by Crippen LogP contribution is -2.10. The molecular formula is C9H6BFO3. The van der Waals surface area contributed by atoms with Gasteiger partial charge in [-0.3, -0.25) is 0 Å². The molecule has 0 radical (unpaired) electrons. The predicted molar refractivity (Wildman–Crippen MR) is 51.3 cm³/mol. The Labute approximate surface area is 79.5 Å². The number of furan rings is 1. The van der Waals surface area contributed by atoms with Crippen LogP contribution in [-0.4, -0.2) is 18.9 Å². The first-order chi connectivity index (χ1) is 6.61. The number of carboxylic acids is 1. The van der Waals surface area contributed by atoms with E-state index in [9.17, 15) is 9.18 Å². The fraction of sp³-hybridized carbons (Fsp3) is 0. The maximum atomic E-state index is 13.5. The fourth-order valence-corrected chi connectivity index (χ4v) is 1.43. The zero-order chi connectivity index (χ0) is 10.3. The molecule has 1 aromatic heterocycles. The Morgan fingerprint density at radius 3 is 2.93 bits per heavy atom. The lowest BCUT2D eigenvalue weighted by atomic mass is 9.92. The molecule has 0 aliphatic carbocycles. The van der Waals surface area contributed by atoms with Crippen molar-refractivity contribution >= 4 is 30.2 Å². The van der Waals surface area contributed by atoms with Crippen LogP contribution in [0.1, 0.15) is 10.4 Å². The zero-order valence-corrected chi connectivity index (χ0v) is 7.37. The Morgan fingerprint density at radius 1 is 1.57 bits per heavy atom. The molecule has 0 fully saturated rings. The lowest BCUT2D eigenvalue weighted by Gasteiger charge is -2.01. The number of aromatic carboxylic acids is 1. The van der Waals surface area contributed by atoms with Gasteiger partial charge in [-0.25, -0.2) is 9.18 Å². The van der Waals surface area contributed by atoms with E-state index in [0.717, 1.165) is 0 Å². The molecule has 1 N–H and O–H groups in total. The van der Waals surface area contributed by atoms with Crippen molar-refractivity contribution in [3.8, 4) is 0 Å². The van der Waals surface area contributed by atoms with E-state index in [1.807, 2.05) is 0 Å². The molecule has 0 bridgehead atoms. The minimum atomic E-state index is -1.27. The van der Waals surface area contributed by atoms with Crippen LogP contribution in [0.25, 0.3) is 11.0 Å². The molecule has 14 heavy (non-hydrogen) atoms. The first-order valence-corrected chi connectivity index (χ1v) is 4.01. The van der Waals surface area contributed by atoms with Crippen molar-refractivity contribution in [3.63, 3.8) is 0 Å². The minimum Gasteiger partial charge on any atom is -0.478 e. The van der Waals surface area contributed by atoms with E-state index in [2.05, 4.69) is 0 Å². The average molecular weight is 192 g/mol. The number of carbonyl (C=O) groups is 1. The Morgan fingerprint density at radius 2 is 2.29 bits per heavy atom. The molecule has 70 valence electrons. The van der Waals surface area contributed by atoms with Gasteiger partial charge in [-0.05, 0) is 17.6 Å². The summed E-state index contributed by atoms with van der Waals surface area (Å²) in [5.74, 6) is -2.01. The molecule has 1 aromatic carbocycles. The van der Waals surface area contributed by atoms with Crippen molar-refractivity contribution < 1.29 is 18.7 Å². The Hall–Kier alpha value is -1.78. The van der Waals surface area contributed by atoms with Crippen molar-refractivity contribution in [1.82, 2.24) is 0 Å². The van der Waals surface area contributed by atoms with Gasteiger partial charge < -0.3 is 9.52 Å². The van der Waals surface area contributed by atoms with Gasteiger partial charge in [-0.2, -0.15) is 0 Å². The summed E-state index contributed by atoms with van der Waals surface area (Å²) < 4.78 is 18.5. The van der Waals surface area contributed by atoms with Crippen LogP contribution in [0.5, 0.6) is 0 Å². The lowest BCUT2D eigenvalue weighted by molar-refractivity contribution is 0.0692. The summed E-state index contributed by atoms with van der Waals surface area (Å²) in [5.41, 5.74) is 0.688. The van der Waals surface area contributed by atoms with Crippen LogP contribution >= 0.6 is 0 Å². The molecule has 2 rings (SSSR count). The molecule has 5 heteroatoms. The van der Waals surface area contributed by atoms with E-state index in [1.165, 1.54) is 18.4 Å². The first kappa shape index (κ1) is 8.81. The maximum Gasteiger partial charge on any atom is 0.338 e. The Balaban J connectivity index is 2.88. The normalized spacial score (nSPS) is 10.6. The second-order valence-corrected chi connectivity index (χ2v) is 3.02. The molecule has 0 saturated carbocycles. The Bertz CT molecular complexity index is 518. The fourth-order valence-electron chi connectivity index (χ4n) is 1.43. The SMILES string of the molecule is Bc1cc(C(=O)O)c(F)c2ccoc12. The molecule has 3 nitrogen and oxygen atoms in total. The summed E-state index contributed by atoms with van der Waals surface area (Å²) in [5, 5.41) is 8.93. The summed E-state index contributed by atoms with van der Waals surface area (Å²) >= 11 is 0. The summed E-state index contributed by atoms with van der Waals surface area (Å²) in [7, 11) is 1.68. The third-order valence-corrected chi connectivity index (χ3v) is 2.09. The van der Waals surface area contributed by atoms with Crippen LogP contribution in [0, 0.1) is 5.82 Å². The van der Waals surface area contributed by atoms with Gasteiger partial charge in [0.15, 0.2) is 0 Å². The smallest absolute Gasteiger partial charge is 0.338 e. The number of halogens is 1. The van der Waals surface area contributed by atoms with Crippen LogP contribution in [0.3, 0.4) is 0 Å². The van der Waals surface area contributed by atoms with Gasteiger partial charge in [0.2, 0.25) is 0 Å². The van der Waals surface area contributed by atoms with Crippen molar-refractivity contribution in [2.45, 2.75) is 0 Å². The standard InChI is InChI=1S/C9H6BFO3/c10-6-3-5(9(12)13)7(11)4-1-2-14-8(4)6/h1-3H,10H2,(H,12,13). The number of hydrogen-bond acceptors (Lipinski definition) is 2. The van der Waals surface area contributed by atoms with Gasteiger partial charge in [-0.1, -0.05) is 0 Å². The predicted octanol–water partition coefficient (Wildman–Crippen LogP) is 0.528. The number of benzene rings is 1. The van der Waals surface area contributed by atoms with Crippen LogP contribution in [-0.2, 0) is 0 Å². The van der Waals surface area contributed by atoms with E-state index in [-0.39, 0.29) is 10.9 Å². The number of rotatable bonds is 1. The molecule has 0 atom stereocenters. The van der Waals surface area contributed by atoms with E-state index < -0.39 is 11.8 Å². The van der Waals surface area contributed by atoms with Crippen molar-refractivity contribution in [3.05, 3.63) is 29.8 Å². The molecule has 0 saturated heterocycles. The zero-order valence-electron chi connectivity index (χ0n) is 7.37. The monoisotopic (exact) mass is 192 g/mol. The summed E-state index contributed by atoms with van der Waals surface area (Å²) in [6.07, 6.45) is 1.34. The number of hydrogen-bond donors (Lipinski definition) is 1. The maximum absolute atomic E-state index is 13.5. The van der Waals surface area contributed by atoms with Gasteiger partial charge >= 0.3 is 5.97 Å². The highest BCUT2D eigenvalue weighted by atomic mass is 19.1. The largest absolute Gasteiger partial charge is 0.478 e. The van der Waals surface area contributed by atoms with Gasteiger partial charge in [0.25, 0.3) is 0 Å². The van der Waals surface area contributed by atoms with Crippen LogP contribution < -0.4 is 5.46 Å². The van der Waals surface area contributed by atoms with E-state index in [0.29, 0.717) is 11.0 Å². The molecule has 0 spiro atoms. The van der Waals surface area contributed by atoms with Gasteiger partial charge in [0.1, 0.15) is 19.2 Å². The van der Waals surface area contributed by atoms with Crippen LogP contribution in [0.4, 0.5) is 4.39 Å². The topological polar surface area (TPSA) is 50.4 Å². The van der Waals surface area contributed by atoms with E-state index in [1.54, 1.807) is 7.85 Å². The molecule has 0 amide bonds. The first-order valence-electron chi connectivity index (χ1n) is 4.01. The molecular weight excluding hydrogens is 186 g/mol. The minimum absolute atomic E-state index is 0.211. The van der Waals surface area contributed by atoms with Crippen LogP contribution in [0.2, 0.25) is 0 Å². The third-order valence-electron chi connectivity index (χ3n) is 2.09. The molecule has 0 aliphatic heterocycles. The van der Waals surface area contributed by atoms with Gasteiger partial charge in [0.05, 0.1) is 17.2 Å². The second kappa shape index (κ2) is 2.87. The van der Waals surface area contributed by atoms with E-state index in [4.69, 9.17) is 9.52 Å². The molecule has 0 aliphatic rings. The van der Waals surface area contributed by atoms with E-state index >= 15 is 0 Å². The molecule has 0 unspecified atom stereocenters. The third kappa shape index (κ3) is 1.09. The van der Waals surface area contributed by atoms with Crippen molar-refractivity contribution in [1.29, 1.82) is 0 Å². The molecule has 2 aromatic rings. The number of carboxylic acid groups (broad SMARTS) is 1. The van der Waals surface area contributed by atoms with Crippen molar-refractivity contribution in [2.75, 3.05) is 0 Å². The summed E-state index contributed by atoms with van der Waals surface area (Å²) in [4.78, 5) is 10.7. The van der Waals surface area contributed by atoms with Gasteiger partial charge in [-0.15, -0.1) is 0 Å². The summed E-state index contributed by atoms with van der Waals surface area (Å²) in [6.45, 7) is 0. The molecule has 1 heterocycles.